The van der Waals surface area contributed by atoms with Crippen molar-refractivity contribution in [1.82, 2.24) is 10.3 Å². The van der Waals surface area contributed by atoms with Crippen LogP contribution < -0.4 is 5.32 Å². The quantitative estimate of drug-likeness (QED) is 0.266. The van der Waals surface area contributed by atoms with E-state index in [9.17, 15) is 14.4 Å². The van der Waals surface area contributed by atoms with Gasteiger partial charge < -0.3 is 19.9 Å². The highest BCUT2D eigenvalue weighted by Crippen LogP contribution is 2.33. The van der Waals surface area contributed by atoms with Gasteiger partial charge in [-0.15, -0.1) is 0 Å². The fourth-order valence-electron chi connectivity index (χ4n) is 4.46. The highest BCUT2D eigenvalue weighted by atomic mass is 16.6. The Morgan fingerprint density at radius 3 is 2.17 bits per heavy atom. The number of carboxylic acid groups (broad SMARTS) is 1. The molecule has 0 atom stereocenters. The zero-order valence-electron chi connectivity index (χ0n) is 25.0. The van der Waals surface area contributed by atoms with Crippen molar-refractivity contribution >= 4 is 18.0 Å². The number of carbonyl (C=O) groups is 3. The van der Waals surface area contributed by atoms with Gasteiger partial charge in [0.2, 0.25) is 0 Å². The van der Waals surface area contributed by atoms with E-state index in [1.807, 2.05) is 31.2 Å². The molecular weight excluding hydrogens is 520 g/mol. The van der Waals surface area contributed by atoms with Gasteiger partial charge >= 0.3 is 18.0 Å². The van der Waals surface area contributed by atoms with E-state index in [4.69, 9.17) is 19.6 Å². The molecule has 3 rings (SSSR count). The molecule has 0 fully saturated rings. The maximum Gasteiger partial charge on any atom is 0.407 e. The lowest BCUT2D eigenvalue weighted by Gasteiger charge is -2.23. The smallest absolute Gasteiger partial charge is 0.407 e. The summed E-state index contributed by atoms with van der Waals surface area (Å²) in [4.78, 5) is 42.2. The molecule has 1 heterocycles. The number of ether oxygens (including phenoxy) is 2. The number of nitrogens with one attached hydrogen (secondary N) is 1. The Kier molecular flexibility index (Phi) is 10.3. The van der Waals surface area contributed by atoms with E-state index in [-0.39, 0.29) is 18.7 Å². The summed E-state index contributed by atoms with van der Waals surface area (Å²) < 4.78 is 11.2. The van der Waals surface area contributed by atoms with E-state index < -0.39 is 23.6 Å². The van der Waals surface area contributed by atoms with Crippen molar-refractivity contribution in [3.05, 3.63) is 87.7 Å². The molecule has 41 heavy (non-hydrogen) atoms. The first-order chi connectivity index (χ1) is 19.2. The number of nitrogens with zero attached hydrogens (tertiary/aromatic N) is 1. The van der Waals surface area contributed by atoms with E-state index in [0.717, 1.165) is 27.9 Å². The van der Waals surface area contributed by atoms with E-state index in [1.54, 1.807) is 39.8 Å². The van der Waals surface area contributed by atoms with Crippen LogP contribution in [0.4, 0.5) is 4.79 Å². The first-order valence-corrected chi connectivity index (χ1v) is 13.8. The molecule has 0 unspecified atom stereocenters. The summed E-state index contributed by atoms with van der Waals surface area (Å²) in [5.74, 6) is -1.21. The van der Waals surface area contributed by atoms with Crippen LogP contribution >= 0.6 is 0 Å². The summed E-state index contributed by atoms with van der Waals surface area (Å²) in [7, 11) is 0. The molecule has 8 heteroatoms. The van der Waals surface area contributed by atoms with Crippen LogP contribution in [0.15, 0.2) is 48.5 Å². The summed E-state index contributed by atoms with van der Waals surface area (Å²) in [6.45, 7) is 13.6. The molecule has 0 radical (unpaired) electrons. The molecule has 0 saturated carbocycles. The minimum atomic E-state index is -0.993. The van der Waals surface area contributed by atoms with Gasteiger partial charge in [-0.25, -0.2) is 14.4 Å². The van der Waals surface area contributed by atoms with Crippen molar-refractivity contribution in [2.45, 2.75) is 73.5 Å². The fraction of sp³-hybridized carbons (Fsp3) is 0.394. The van der Waals surface area contributed by atoms with Gasteiger partial charge in [0, 0.05) is 29.8 Å². The van der Waals surface area contributed by atoms with Gasteiger partial charge in [0.05, 0.1) is 23.4 Å². The van der Waals surface area contributed by atoms with Gasteiger partial charge in [-0.2, -0.15) is 0 Å². The highest BCUT2D eigenvalue weighted by molar-refractivity contribution is 5.99. The molecule has 0 aliphatic rings. The number of amides is 1. The molecule has 3 aromatic rings. The number of aromatic carboxylic acids is 1. The zero-order valence-corrected chi connectivity index (χ0v) is 25.0. The lowest BCUT2D eigenvalue weighted by atomic mass is 9.89. The summed E-state index contributed by atoms with van der Waals surface area (Å²) in [6, 6.07) is 14.4. The highest BCUT2D eigenvalue weighted by Gasteiger charge is 2.26. The molecule has 2 aromatic carbocycles. The van der Waals surface area contributed by atoms with Crippen LogP contribution in [0.1, 0.15) is 83.4 Å². The summed E-state index contributed by atoms with van der Waals surface area (Å²) in [5, 5.41) is 12.0. The van der Waals surface area contributed by atoms with Crippen molar-refractivity contribution in [1.29, 1.82) is 0 Å². The first-order valence-electron chi connectivity index (χ1n) is 13.8. The second kappa shape index (κ2) is 13.4. The molecule has 0 bridgehead atoms. The monoisotopic (exact) mass is 560 g/mol. The van der Waals surface area contributed by atoms with Crippen LogP contribution in [0.25, 0.3) is 11.1 Å². The maximum absolute atomic E-state index is 13.6. The minimum absolute atomic E-state index is 0.108. The number of benzene rings is 2. The molecule has 0 aliphatic carbocycles. The topological polar surface area (TPSA) is 115 Å². The number of hydrogen-bond donors (Lipinski definition) is 2. The van der Waals surface area contributed by atoms with Gasteiger partial charge in [0.15, 0.2) is 0 Å². The lowest BCUT2D eigenvalue weighted by Crippen LogP contribution is -2.33. The fourth-order valence-corrected chi connectivity index (χ4v) is 4.46. The van der Waals surface area contributed by atoms with Gasteiger partial charge in [-0.05, 0) is 70.2 Å². The number of aryl methyl sites for hydroxylation is 2. The second-order valence-electron chi connectivity index (χ2n) is 11.6. The predicted molar refractivity (Wildman–Crippen MR) is 158 cm³/mol. The van der Waals surface area contributed by atoms with Crippen LogP contribution in [0.5, 0.6) is 0 Å². The summed E-state index contributed by atoms with van der Waals surface area (Å²) in [6.07, 6.45) is 0.532. The largest absolute Gasteiger partial charge is 0.478 e. The molecule has 2 N–H and O–H groups in total. The maximum atomic E-state index is 13.6. The molecule has 0 aliphatic heterocycles. The summed E-state index contributed by atoms with van der Waals surface area (Å²) >= 11 is 0. The number of hydrogen-bond acceptors (Lipinski definition) is 6. The number of carbonyl (C=O) groups excluding carboxylic acids is 2. The number of alkyl carbamates (subject to hydrolysis) is 1. The standard InChI is InChI=1S/C33H40N2O6/c1-20(2)18-27-26(19-34-32(39)41-33(5,6)7)29(24-12-8-21(3)9-13-24)28(22(4)35-27)31(38)40-17-16-23-10-14-25(15-11-23)30(36)37/h8-15,20H,16-19H2,1-7H3,(H,34,39)(H,36,37). The lowest BCUT2D eigenvalue weighted by molar-refractivity contribution is 0.0505. The van der Waals surface area contributed by atoms with Crippen LogP contribution in [0.2, 0.25) is 0 Å². The van der Waals surface area contributed by atoms with Gasteiger partial charge in [0.1, 0.15) is 5.60 Å². The van der Waals surface area contributed by atoms with E-state index in [2.05, 4.69) is 19.2 Å². The minimum Gasteiger partial charge on any atom is -0.478 e. The third kappa shape index (κ3) is 8.90. The first kappa shape index (κ1) is 31.3. The molecule has 218 valence electrons. The zero-order chi connectivity index (χ0) is 30.3. The average molecular weight is 561 g/mol. The number of esters is 1. The third-order valence-electron chi connectivity index (χ3n) is 6.34. The Hall–Kier alpha value is -4.20. The van der Waals surface area contributed by atoms with Gasteiger partial charge in [-0.1, -0.05) is 55.8 Å². The average Bonchev–Trinajstić information content (AvgIpc) is 2.87. The number of rotatable bonds is 10. The van der Waals surface area contributed by atoms with Crippen LogP contribution in [0.3, 0.4) is 0 Å². The van der Waals surface area contributed by atoms with Gasteiger partial charge in [-0.3, -0.25) is 4.98 Å². The van der Waals surface area contributed by atoms with E-state index in [1.165, 1.54) is 12.1 Å². The van der Waals surface area contributed by atoms with Crippen molar-refractivity contribution < 1.29 is 29.0 Å². The number of aromatic nitrogens is 1. The van der Waals surface area contributed by atoms with Gasteiger partial charge in [0.25, 0.3) is 0 Å². The molecule has 0 saturated heterocycles. The summed E-state index contributed by atoms with van der Waals surface area (Å²) in [5.41, 5.74) is 5.43. The molecular formula is C33H40N2O6. The Morgan fingerprint density at radius 2 is 1.61 bits per heavy atom. The Labute approximate surface area is 242 Å². The number of pyridine rings is 1. The Morgan fingerprint density at radius 1 is 0.976 bits per heavy atom. The van der Waals surface area contributed by atoms with Crippen LogP contribution in [0, 0.1) is 19.8 Å². The molecule has 1 aromatic heterocycles. The van der Waals surface area contributed by atoms with Crippen molar-refractivity contribution in [2.24, 2.45) is 5.92 Å². The van der Waals surface area contributed by atoms with Crippen LogP contribution in [-0.2, 0) is 28.9 Å². The SMILES string of the molecule is Cc1ccc(-c2c(CNC(=O)OC(C)(C)C)c(CC(C)C)nc(C)c2C(=O)OCCc2ccc(C(=O)O)cc2)cc1. The Balaban J connectivity index is 2.00. The normalized spacial score (nSPS) is 11.3. The predicted octanol–water partition coefficient (Wildman–Crippen LogP) is 6.69. The number of carboxylic acids is 1. The molecule has 1 amide bonds. The van der Waals surface area contributed by atoms with Crippen molar-refractivity contribution in [3.8, 4) is 11.1 Å². The van der Waals surface area contributed by atoms with Crippen molar-refractivity contribution in [3.63, 3.8) is 0 Å². The third-order valence-corrected chi connectivity index (χ3v) is 6.34. The van der Waals surface area contributed by atoms with Crippen molar-refractivity contribution in [2.75, 3.05) is 6.61 Å². The second-order valence-corrected chi connectivity index (χ2v) is 11.6. The van der Waals surface area contributed by atoms with Crippen LogP contribution in [-0.4, -0.2) is 40.3 Å². The Bertz CT molecular complexity index is 1390. The van der Waals surface area contributed by atoms with E-state index in [0.29, 0.717) is 35.6 Å². The van der Waals surface area contributed by atoms with E-state index >= 15 is 0 Å². The molecule has 8 nitrogen and oxygen atoms in total. The molecule has 0 spiro atoms.